The molecule has 4 heteroatoms. The predicted octanol–water partition coefficient (Wildman–Crippen LogP) is 9.53. The van der Waals surface area contributed by atoms with E-state index in [-0.39, 0.29) is 0 Å². The second-order valence-electron chi connectivity index (χ2n) is 10.1. The lowest BCUT2D eigenvalue weighted by Crippen LogP contribution is -2.17. The number of rotatable bonds is 2. The van der Waals surface area contributed by atoms with Crippen LogP contribution < -0.4 is 4.90 Å². The Labute approximate surface area is 224 Å². The van der Waals surface area contributed by atoms with Crippen molar-refractivity contribution in [3.8, 4) is 16.8 Å². The Kier molecular flexibility index (Phi) is 4.02. The summed E-state index contributed by atoms with van der Waals surface area (Å²) in [6.45, 7) is 0. The van der Waals surface area contributed by atoms with Crippen molar-refractivity contribution in [2.45, 2.75) is 0 Å². The quantitative estimate of drug-likeness (QED) is 0.237. The van der Waals surface area contributed by atoms with Crippen LogP contribution in [0.2, 0.25) is 0 Å². The van der Waals surface area contributed by atoms with Crippen LogP contribution in [-0.4, -0.2) is 9.55 Å². The SMILES string of the molecule is c1cncc(-c2ccc(N3c4ccccc4-n4c5cc6c(cc5c5cccc3c54)oc3ccccc36)cc2)c1. The molecule has 0 spiro atoms. The van der Waals surface area contributed by atoms with Gasteiger partial charge in [-0.2, -0.15) is 0 Å². The summed E-state index contributed by atoms with van der Waals surface area (Å²) in [6, 6.07) is 40.9. The molecular weight excluding hydrogens is 478 g/mol. The zero-order valence-electron chi connectivity index (χ0n) is 20.9. The highest BCUT2D eigenvalue weighted by molar-refractivity contribution is 6.20. The first kappa shape index (κ1) is 20.7. The van der Waals surface area contributed by atoms with E-state index in [2.05, 4.69) is 112 Å². The van der Waals surface area contributed by atoms with E-state index in [1.165, 1.54) is 27.5 Å². The van der Waals surface area contributed by atoms with Crippen molar-refractivity contribution < 1.29 is 4.42 Å². The number of pyridine rings is 1. The summed E-state index contributed by atoms with van der Waals surface area (Å²) >= 11 is 0. The maximum atomic E-state index is 6.28. The van der Waals surface area contributed by atoms with Gasteiger partial charge in [-0.1, -0.05) is 60.7 Å². The minimum absolute atomic E-state index is 0.920. The van der Waals surface area contributed by atoms with Gasteiger partial charge in [0.1, 0.15) is 11.2 Å². The van der Waals surface area contributed by atoms with E-state index in [0.717, 1.165) is 50.1 Å². The van der Waals surface area contributed by atoms with Crippen molar-refractivity contribution >= 4 is 60.8 Å². The molecule has 0 bridgehead atoms. The molecule has 4 heterocycles. The van der Waals surface area contributed by atoms with Gasteiger partial charge in [0.05, 0.1) is 28.1 Å². The standard InChI is InChI=1S/C35H21N3O/c1-4-13-33-25(8-1)28-19-32-27(20-34(28)39-33)26-9-5-12-31-35(26)38(32)30-11-3-2-10-29(30)37(31)24-16-14-22(15-17-24)23-7-6-18-36-21-23/h1-21H. The summed E-state index contributed by atoms with van der Waals surface area (Å²) in [5.74, 6) is 0. The molecule has 0 unspecified atom stereocenters. The number of nitrogens with zero attached hydrogens (tertiary/aromatic N) is 3. The van der Waals surface area contributed by atoms with Crippen molar-refractivity contribution in [3.05, 3.63) is 128 Å². The minimum Gasteiger partial charge on any atom is -0.456 e. The summed E-state index contributed by atoms with van der Waals surface area (Å²) in [7, 11) is 0. The van der Waals surface area contributed by atoms with Gasteiger partial charge in [0, 0.05) is 39.6 Å². The number of hydrogen-bond acceptors (Lipinski definition) is 3. The molecule has 1 aliphatic heterocycles. The molecular formula is C35H21N3O. The zero-order valence-corrected chi connectivity index (χ0v) is 20.9. The fraction of sp³-hybridized carbons (Fsp3) is 0. The number of fused-ring (bicyclic) bond motifs is 8. The molecule has 0 fully saturated rings. The predicted molar refractivity (Wildman–Crippen MR) is 160 cm³/mol. The molecule has 5 aromatic carbocycles. The van der Waals surface area contributed by atoms with Crippen molar-refractivity contribution in [3.63, 3.8) is 0 Å². The Bertz CT molecular complexity index is 2220. The number of hydrogen-bond donors (Lipinski definition) is 0. The van der Waals surface area contributed by atoms with Crippen LogP contribution in [0.5, 0.6) is 0 Å². The monoisotopic (exact) mass is 499 g/mol. The van der Waals surface area contributed by atoms with Gasteiger partial charge in [-0.25, -0.2) is 0 Å². The lowest BCUT2D eigenvalue weighted by molar-refractivity contribution is 0.669. The fourth-order valence-electron chi connectivity index (χ4n) is 6.28. The Morgan fingerprint density at radius 1 is 0.538 bits per heavy atom. The molecule has 0 amide bonds. The first-order valence-electron chi connectivity index (χ1n) is 13.1. The summed E-state index contributed by atoms with van der Waals surface area (Å²) < 4.78 is 8.71. The third-order valence-corrected chi connectivity index (χ3v) is 7.99. The summed E-state index contributed by atoms with van der Waals surface area (Å²) in [6.07, 6.45) is 3.71. The first-order valence-corrected chi connectivity index (χ1v) is 13.1. The molecule has 0 atom stereocenters. The Hall–Kier alpha value is -5.35. The average molecular weight is 500 g/mol. The van der Waals surface area contributed by atoms with E-state index < -0.39 is 0 Å². The Balaban J connectivity index is 1.33. The number of anilines is 3. The average Bonchev–Trinajstić information content (AvgIpc) is 3.53. The summed E-state index contributed by atoms with van der Waals surface area (Å²) in [5.41, 5.74) is 11.1. The minimum atomic E-state index is 0.920. The van der Waals surface area contributed by atoms with Crippen LogP contribution in [0.1, 0.15) is 0 Å². The van der Waals surface area contributed by atoms with Crippen LogP contribution in [-0.2, 0) is 0 Å². The van der Waals surface area contributed by atoms with Crippen molar-refractivity contribution in [1.29, 1.82) is 0 Å². The second-order valence-corrected chi connectivity index (χ2v) is 10.1. The lowest BCUT2D eigenvalue weighted by atomic mass is 10.0. The number of para-hydroxylation sites is 4. The summed E-state index contributed by atoms with van der Waals surface area (Å²) in [4.78, 5) is 6.67. The third kappa shape index (κ3) is 2.80. The molecule has 39 heavy (non-hydrogen) atoms. The Morgan fingerprint density at radius 2 is 1.33 bits per heavy atom. The molecule has 8 aromatic rings. The highest BCUT2D eigenvalue weighted by Crippen LogP contribution is 2.50. The highest BCUT2D eigenvalue weighted by Gasteiger charge is 2.28. The van der Waals surface area contributed by atoms with Gasteiger partial charge in [0.25, 0.3) is 0 Å². The maximum Gasteiger partial charge on any atom is 0.136 e. The van der Waals surface area contributed by atoms with Crippen LogP contribution in [0.4, 0.5) is 17.1 Å². The first-order chi connectivity index (χ1) is 19.3. The topological polar surface area (TPSA) is 34.2 Å². The van der Waals surface area contributed by atoms with E-state index in [0.29, 0.717) is 0 Å². The van der Waals surface area contributed by atoms with Gasteiger partial charge in [-0.3, -0.25) is 4.98 Å². The fourth-order valence-corrected chi connectivity index (χ4v) is 6.28. The number of aromatic nitrogens is 2. The van der Waals surface area contributed by atoms with Crippen LogP contribution in [0.25, 0.3) is 60.6 Å². The molecule has 4 nitrogen and oxygen atoms in total. The Morgan fingerprint density at radius 3 is 2.21 bits per heavy atom. The van der Waals surface area contributed by atoms with Crippen LogP contribution in [0.15, 0.2) is 132 Å². The molecule has 3 aromatic heterocycles. The molecule has 0 aliphatic carbocycles. The molecule has 0 saturated heterocycles. The lowest BCUT2D eigenvalue weighted by Gasteiger charge is -2.33. The second kappa shape index (κ2) is 7.59. The number of furan rings is 1. The molecule has 0 saturated carbocycles. The largest absolute Gasteiger partial charge is 0.456 e. The van der Waals surface area contributed by atoms with Crippen molar-refractivity contribution in [2.24, 2.45) is 0 Å². The van der Waals surface area contributed by atoms with Gasteiger partial charge < -0.3 is 13.9 Å². The number of benzene rings is 5. The molecule has 182 valence electrons. The van der Waals surface area contributed by atoms with E-state index in [1.807, 2.05) is 30.6 Å². The normalized spacial score (nSPS) is 12.6. The van der Waals surface area contributed by atoms with E-state index in [4.69, 9.17) is 4.42 Å². The van der Waals surface area contributed by atoms with E-state index in [1.54, 1.807) is 0 Å². The van der Waals surface area contributed by atoms with Gasteiger partial charge in [0.2, 0.25) is 0 Å². The third-order valence-electron chi connectivity index (χ3n) is 7.99. The van der Waals surface area contributed by atoms with Gasteiger partial charge >= 0.3 is 0 Å². The molecule has 0 radical (unpaired) electrons. The molecule has 9 rings (SSSR count). The van der Waals surface area contributed by atoms with Gasteiger partial charge in [-0.05, 0) is 65.7 Å². The van der Waals surface area contributed by atoms with E-state index in [9.17, 15) is 0 Å². The van der Waals surface area contributed by atoms with Crippen LogP contribution in [0.3, 0.4) is 0 Å². The molecule has 0 N–H and O–H groups in total. The van der Waals surface area contributed by atoms with Crippen LogP contribution >= 0.6 is 0 Å². The molecule has 1 aliphatic rings. The van der Waals surface area contributed by atoms with Crippen LogP contribution in [0, 0.1) is 0 Å². The van der Waals surface area contributed by atoms with E-state index >= 15 is 0 Å². The summed E-state index contributed by atoms with van der Waals surface area (Å²) in [5, 5.41) is 4.70. The van der Waals surface area contributed by atoms with Gasteiger partial charge in [0.15, 0.2) is 0 Å². The van der Waals surface area contributed by atoms with Crippen molar-refractivity contribution in [2.75, 3.05) is 4.90 Å². The highest BCUT2D eigenvalue weighted by atomic mass is 16.3. The van der Waals surface area contributed by atoms with Gasteiger partial charge in [-0.15, -0.1) is 0 Å². The zero-order chi connectivity index (χ0) is 25.5. The van der Waals surface area contributed by atoms with Crippen molar-refractivity contribution in [1.82, 2.24) is 9.55 Å². The maximum absolute atomic E-state index is 6.28. The smallest absolute Gasteiger partial charge is 0.136 e.